The zero-order valence-electron chi connectivity index (χ0n) is 5.96. The van der Waals surface area contributed by atoms with Crippen LogP contribution in [0.25, 0.3) is 10.9 Å². The van der Waals surface area contributed by atoms with Crippen molar-refractivity contribution in [3.63, 3.8) is 0 Å². The van der Waals surface area contributed by atoms with Crippen LogP contribution in [0.15, 0.2) is 24.4 Å². The first-order chi connectivity index (χ1) is 5.27. The lowest BCUT2D eigenvalue weighted by Crippen LogP contribution is -1.84. The van der Waals surface area contributed by atoms with Crippen LogP contribution in [0.3, 0.4) is 0 Å². The van der Waals surface area contributed by atoms with Gasteiger partial charge in [-0.2, -0.15) is 0 Å². The van der Waals surface area contributed by atoms with Gasteiger partial charge in [0.1, 0.15) is 0 Å². The second-order valence-corrected chi connectivity index (χ2v) is 2.55. The Morgan fingerprint density at radius 3 is 2.82 bits per heavy atom. The molecule has 0 atom stereocenters. The highest BCUT2D eigenvalue weighted by Gasteiger charge is 1.98. The smallest absolute Gasteiger partial charge is 0.0572 e. The predicted molar refractivity (Wildman–Crippen MR) is 47.1 cm³/mol. The summed E-state index contributed by atoms with van der Waals surface area (Å²) in [5, 5.41) is 0.991. The SMILES string of the molecule is Nc1ccc2[nH]cc(N)c2c1. The van der Waals surface area contributed by atoms with E-state index in [2.05, 4.69) is 4.98 Å². The number of fused-ring (bicyclic) bond motifs is 1. The zero-order chi connectivity index (χ0) is 7.84. The van der Waals surface area contributed by atoms with E-state index >= 15 is 0 Å². The summed E-state index contributed by atoms with van der Waals surface area (Å²) in [7, 11) is 0. The zero-order valence-corrected chi connectivity index (χ0v) is 5.96. The van der Waals surface area contributed by atoms with Gasteiger partial charge in [-0.1, -0.05) is 0 Å². The number of nitrogens with one attached hydrogen (secondary N) is 1. The Morgan fingerprint density at radius 1 is 1.18 bits per heavy atom. The summed E-state index contributed by atoms with van der Waals surface area (Å²) >= 11 is 0. The summed E-state index contributed by atoms with van der Waals surface area (Å²) in [6.07, 6.45) is 1.77. The molecule has 0 bridgehead atoms. The molecule has 3 nitrogen and oxygen atoms in total. The van der Waals surface area contributed by atoms with E-state index in [1.165, 1.54) is 0 Å². The number of aromatic nitrogens is 1. The molecule has 0 saturated carbocycles. The van der Waals surface area contributed by atoms with Gasteiger partial charge < -0.3 is 16.5 Å². The lowest BCUT2D eigenvalue weighted by molar-refractivity contribution is 1.48. The summed E-state index contributed by atoms with van der Waals surface area (Å²) in [6, 6.07) is 5.63. The summed E-state index contributed by atoms with van der Waals surface area (Å²) in [4.78, 5) is 3.03. The normalized spacial score (nSPS) is 10.5. The van der Waals surface area contributed by atoms with Crippen molar-refractivity contribution < 1.29 is 0 Å². The molecule has 0 saturated heterocycles. The van der Waals surface area contributed by atoms with Crippen molar-refractivity contribution in [3.05, 3.63) is 24.4 Å². The fourth-order valence-electron chi connectivity index (χ4n) is 1.16. The minimum atomic E-state index is 0.740. The standard InChI is InChI=1S/C8H9N3/c9-5-1-2-8-6(3-5)7(10)4-11-8/h1-4,11H,9-10H2. The Morgan fingerprint density at radius 2 is 2.00 bits per heavy atom. The van der Waals surface area contributed by atoms with Crippen LogP contribution in [-0.4, -0.2) is 4.98 Å². The molecule has 56 valence electrons. The van der Waals surface area contributed by atoms with Gasteiger partial charge in [-0.15, -0.1) is 0 Å². The van der Waals surface area contributed by atoms with Crippen molar-refractivity contribution in [2.24, 2.45) is 0 Å². The van der Waals surface area contributed by atoms with Crippen molar-refractivity contribution in [2.75, 3.05) is 11.5 Å². The van der Waals surface area contributed by atoms with Crippen molar-refractivity contribution in [3.8, 4) is 0 Å². The molecule has 0 aliphatic heterocycles. The molecule has 1 aromatic heterocycles. The Kier molecular flexibility index (Phi) is 1.06. The average Bonchev–Trinajstić information content (AvgIpc) is 2.33. The van der Waals surface area contributed by atoms with Crippen LogP contribution in [0.5, 0.6) is 0 Å². The van der Waals surface area contributed by atoms with Gasteiger partial charge in [0.2, 0.25) is 0 Å². The highest BCUT2D eigenvalue weighted by atomic mass is 14.7. The molecule has 1 heterocycles. The molecule has 0 unspecified atom stereocenters. The third kappa shape index (κ3) is 0.816. The second-order valence-electron chi connectivity index (χ2n) is 2.55. The summed E-state index contributed by atoms with van der Waals surface area (Å²) in [5.41, 5.74) is 13.7. The lowest BCUT2D eigenvalue weighted by atomic mass is 10.2. The third-order valence-corrected chi connectivity index (χ3v) is 1.74. The average molecular weight is 147 g/mol. The maximum absolute atomic E-state index is 5.66. The molecular formula is C8H9N3. The van der Waals surface area contributed by atoms with E-state index in [0.29, 0.717) is 0 Å². The van der Waals surface area contributed by atoms with Gasteiger partial charge in [0.15, 0.2) is 0 Å². The van der Waals surface area contributed by atoms with E-state index in [9.17, 15) is 0 Å². The maximum atomic E-state index is 5.66. The number of aromatic amines is 1. The largest absolute Gasteiger partial charge is 0.399 e. The monoisotopic (exact) mass is 147 g/mol. The molecule has 0 aliphatic carbocycles. The molecule has 2 aromatic rings. The Balaban J connectivity index is 2.87. The van der Waals surface area contributed by atoms with E-state index in [0.717, 1.165) is 22.3 Å². The maximum Gasteiger partial charge on any atom is 0.0572 e. The van der Waals surface area contributed by atoms with E-state index in [1.807, 2.05) is 18.2 Å². The molecule has 0 aliphatic rings. The number of hydrogen-bond donors (Lipinski definition) is 3. The molecule has 0 amide bonds. The topological polar surface area (TPSA) is 67.8 Å². The van der Waals surface area contributed by atoms with Crippen LogP contribution in [0.4, 0.5) is 11.4 Å². The van der Waals surface area contributed by atoms with Gasteiger partial charge in [-0.3, -0.25) is 0 Å². The Hall–Kier alpha value is -1.64. The minimum absolute atomic E-state index is 0.740. The Bertz CT molecular complexity index is 389. The predicted octanol–water partition coefficient (Wildman–Crippen LogP) is 1.33. The van der Waals surface area contributed by atoms with Crippen molar-refractivity contribution in [1.82, 2.24) is 4.98 Å². The first kappa shape index (κ1) is 6.09. The van der Waals surface area contributed by atoms with Gasteiger partial charge in [-0.05, 0) is 18.2 Å². The first-order valence-corrected chi connectivity index (χ1v) is 3.39. The number of benzene rings is 1. The molecule has 1 aromatic carbocycles. The van der Waals surface area contributed by atoms with Gasteiger partial charge >= 0.3 is 0 Å². The van der Waals surface area contributed by atoms with Crippen molar-refractivity contribution in [2.45, 2.75) is 0 Å². The number of anilines is 2. The van der Waals surface area contributed by atoms with Gasteiger partial charge in [0, 0.05) is 22.8 Å². The second kappa shape index (κ2) is 1.92. The van der Waals surface area contributed by atoms with Crippen LogP contribution in [0.1, 0.15) is 0 Å². The third-order valence-electron chi connectivity index (χ3n) is 1.74. The molecule has 0 spiro atoms. The van der Waals surface area contributed by atoms with E-state index in [1.54, 1.807) is 6.20 Å². The van der Waals surface area contributed by atoms with Crippen molar-refractivity contribution >= 4 is 22.3 Å². The minimum Gasteiger partial charge on any atom is -0.399 e. The number of nitrogen functional groups attached to an aromatic ring is 2. The highest BCUT2D eigenvalue weighted by Crippen LogP contribution is 2.21. The van der Waals surface area contributed by atoms with Gasteiger partial charge in [0.05, 0.1) is 5.69 Å². The van der Waals surface area contributed by atoms with E-state index in [-0.39, 0.29) is 0 Å². The fraction of sp³-hybridized carbons (Fsp3) is 0. The molecule has 0 fully saturated rings. The summed E-state index contributed by atoms with van der Waals surface area (Å²) in [6.45, 7) is 0. The molecule has 0 radical (unpaired) electrons. The Labute approximate surface area is 64.0 Å². The van der Waals surface area contributed by atoms with Crippen LogP contribution < -0.4 is 11.5 Å². The van der Waals surface area contributed by atoms with Crippen LogP contribution >= 0.6 is 0 Å². The summed E-state index contributed by atoms with van der Waals surface area (Å²) in [5.74, 6) is 0. The molecular weight excluding hydrogens is 138 g/mol. The van der Waals surface area contributed by atoms with Gasteiger partial charge in [-0.25, -0.2) is 0 Å². The van der Waals surface area contributed by atoms with E-state index < -0.39 is 0 Å². The van der Waals surface area contributed by atoms with Gasteiger partial charge in [0.25, 0.3) is 0 Å². The number of H-pyrrole nitrogens is 1. The van der Waals surface area contributed by atoms with Crippen LogP contribution in [0.2, 0.25) is 0 Å². The van der Waals surface area contributed by atoms with E-state index in [4.69, 9.17) is 11.5 Å². The molecule has 3 heteroatoms. The van der Waals surface area contributed by atoms with Crippen molar-refractivity contribution in [1.29, 1.82) is 0 Å². The highest BCUT2D eigenvalue weighted by molar-refractivity contribution is 5.93. The number of nitrogens with two attached hydrogens (primary N) is 2. The molecule has 5 N–H and O–H groups in total. The summed E-state index contributed by atoms with van der Waals surface area (Å²) < 4.78 is 0. The first-order valence-electron chi connectivity index (χ1n) is 3.39. The van der Waals surface area contributed by atoms with Crippen LogP contribution in [0, 0.1) is 0 Å². The van der Waals surface area contributed by atoms with Crippen LogP contribution in [-0.2, 0) is 0 Å². The fourth-order valence-corrected chi connectivity index (χ4v) is 1.16. The quantitative estimate of drug-likeness (QED) is 0.492. The number of rotatable bonds is 0. The molecule has 11 heavy (non-hydrogen) atoms. The number of hydrogen-bond acceptors (Lipinski definition) is 2. The molecule has 2 rings (SSSR count). The lowest BCUT2D eigenvalue weighted by Gasteiger charge is -1.93.